The first-order valence-corrected chi connectivity index (χ1v) is 20.1. The van der Waals surface area contributed by atoms with Crippen LogP contribution in [0, 0.1) is 0 Å². The van der Waals surface area contributed by atoms with Gasteiger partial charge in [-0.15, -0.1) is 0 Å². The van der Waals surface area contributed by atoms with Gasteiger partial charge in [0.25, 0.3) is 0 Å². The number of hydrogen-bond donors (Lipinski definition) is 0. The minimum Gasteiger partial charge on any atom is -0.311 e. The number of imidazole rings is 1. The maximum absolute atomic E-state index is 5.13. The van der Waals surface area contributed by atoms with Crippen molar-refractivity contribution in [3.8, 4) is 33.6 Å². The zero-order valence-electron chi connectivity index (χ0n) is 29.0. The van der Waals surface area contributed by atoms with Crippen molar-refractivity contribution in [2.45, 2.75) is 0 Å². The number of rotatable bonds is 6. The molecule has 9 aromatic rings. The van der Waals surface area contributed by atoms with Gasteiger partial charge in [-0.3, -0.25) is 4.40 Å². The van der Waals surface area contributed by atoms with Crippen LogP contribution < -0.4 is 25.6 Å². The highest BCUT2D eigenvalue weighted by atomic mass is 28.3. The summed E-state index contributed by atoms with van der Waals surface area (Å²) in [6.07, 6.45) is 2.23. The van der Waals surface area contributed by atoms with E-state index in [0.717, 1.165) is 45.0 Å². The molecule has 0 aliphatic carbocycles. The van der Waals surface area contributed by atoms with Gasteiger partial charge in [-0.1, -0.05) is 170 Å². The zero-order chi connectivity index (χ0) is 35.2. The normalized spacial score (nSPS) is 13.0. The molecule has 0 bridgehead atoms. The van der Waals surface area contributed by atoms with Crippen LogP contribution in [0.4, 0.5) is 17.1 Å². The van der Waals surface area contributed by atoms with Gasteiger partial charge >= 0.3 is 0 Å². The van der Waals surface area contributed by atoms with E-state index in [4.69, 9.17) is 4.98 Å². The highest BCUT2D eigenvalue weighted by Crippen LogP contribution is 2.39. The molecule has 0 radical (unpaired) electrons. The molecule has 0 spiro atoms. The Morgan fingerprint density at radius 3 is 1.42 bits per heavy atom. The van der Waals surface area contributed by atoms with Crippen LogP contribution in [-0.2, 0) is 0 Å². The van der Waals surface area contributed by atoms with Gasteiger partial charge in [0.1, 0.15) is 5.65 Å². The van der Waals surface area contributed by atoms with E-state index in [-0.39, 0.29) is 0 Å². The Hall–Kier alpha value is -6.75. The van der Waals surface area contributed by atoms with Crippen molar-refractivity contribution >= 4 is 51.5 Å². The molecule has 0 atom stereocenters. The van der Waals surface area contributed by atoms with E-state index in [0.29, 0.717) is 0 Å². The van der Waals surface area contributed by atoms with Crippen molar-refractivity contribution in [2.75, 3.05) is 4.90 Å². The fourth-order valence-corrected chi connectivity index (χ4v) is 13.5. The monoisotopic (exact) mass is 693 g/mol. The number of aromatic nitrogens is 2. The largest absolute Gasteiger partial charge is 0.311 e. The molecule has 1 aliphatic heterocycles. The molecule has 0 unspecified atom stereocenters. The van der Waals surface area contributed by atoms with Crippen molar-refractivity contribution in [1.82, 2.24) is 9.38 Å². The molecule has 4 heteroatoms. The summed E-state index contributed by atoms with van der Waals surface area (Å²) in [4.78, 5) is 7.59. The summed E-state index contributed by atoms with van der Waals surface area (Å²) in [6.45, 7) is 0. The van der Waals surface area contributed by atoms with E-state index in [1.165, 1.54) is 32.1 Å². The quantitative estimate of drug-likeness (QED) is 0.162. The lowest BCUT2D eigenvalue weighted by molar-refractivity contribution is 1.19. The fourth-order valence-electron chi connectivity index (χ4n) is 8.38. The van der Waals surface area contributed by atoms with Crippen LogP contribution in [0.25, 0.3) is 39.3 Å². The topological polar surface area (TPSA) is 20.5 Å². The predicted molar refractivity (Wildman–Crippen MR) is 223 cm³/mol. The van der Waals surface area contributed by atoms with Gasteiger partial charge in [-0.05, 0) is 68.3 Å². The summed E-state index contributed by atoms with van der Waals surface area (Å²) < 4.78 is 2.25. The molecule has 10 rings (SSSR count). The molecule has 3 heterocycles. The number of fused-ring (bicyclic) bond motifs is 3. The molecule has 0 amide bonds. The second kappa shape index (κ2) is 12.8. The van der Waals surface area contributed by atoms with Crippen LogP contribution >= 0.6 is 0 Å². The number of hydrogen-bond acceptors (Lipinski definition) is 2. The number of anilines is 3. The van der Waals surface area contributed by atoms with Crippen LogP contribution in [0.5, 0.6) is 0 Å². The Labute approximate surface area is 310 Å². The zero-order valence-corrected chi connectivity index (χ0v) is 30.0. The van der Waals surface area contributed by atoms with Crippen LogP contribution in [0.2, 0.25) is 0 Å². The van der Waals surface area contributed by atoms with Gasteiger partial charge in [0.15, 0.2) is 8.07 Å². The first-order chi connectivity index (χ1) is 26.3. The van der Waals surface area contributed by atoms with Gasteiger partial charge in [-0.25, -0.2) is 4.98 Å². The van der Waals surface area contributed by atoms with Crippen molar-refractivity contribution in [3.05, 3.63) is 212 Å². The molecule has 2 aromatic heterocycles. The van der Waals surface area contributed by atoms with Crippen LogP contribution in [-0.4, -0.2) is 17.5 Å². The molecule has 0 N–H and O–H groups in total. The van der Waals surface area contributed by atoms with E-state index in [1.807, 2.05) is 0 Å². The smallest absolute Gasteiger partial charge is 0.184 e. The van der Waals surface area contributed by atoms with Crippen molar-refractivity contribution in [3.63, 3.8) is 0 Å². The third kappa shape index (κ3) is 4.99. The third-order valence-electron chi connectivity index (χ3n) is 10.7. The van der Waals surface area contributed by atoms with Crippen molar-refractivity contribution in [1.29, 1.82) is 0 Å². The minimum atomic E-state index is -2.65. The Morgan fingerprint density at radius 2 is 0.849 bits per heavy atom. The molecule has 250 valence electrons. The van der Waals surface area contributed by atoms with E-state index in [2.05, 4.69) is 222 Å². The van der Waals surface area contributed by atoms with Gasteiger partial charge in [-0.2, -0.15) is 0 Å². The average molecular weight is 694 g/mol. The highest BCUT2D eigenvalue weighted by Gasteiger charge is 2.48. The fraction of sp³-hybridized carbons (Fsp3) is 0. The summed E-state index contributed by atoms with van der Waals surface area (Å²) in [7, 11) is -2.65. The van der Waals surface area contributed by atoms with E-state index < -0.39 is 8.07 Å². The molecular formula is C49H35N3Si. The first-order valence-electron chi connectivity index (χ1n) is 18.1. The lowest BCUT2D eigenvalue weighted by atomic mass is 10.0. The van der Waals surface area contributed by atoms with Gasteiger partial charge in [0.2, 0.25) is 0 Å². The molecular weight excluding hydrogens is 659 g/mol. The summed E-state index contributed by atoms with van der Waals surface area (Å²) in [6, 6.07) is 74.9. The lowest BCUT2D eigenvalue weighted by Gasteiger charge is -2.45. The molecule has 0 fully saturated rings. The summed E-state index contributed by atoms with van der Waals surface area (Å²) in [5.74, 6) is 0. The maximum atomic E-state index is 5.13. The molecule has 53 heavy (non-hydrogen) atoms. The SMILES string of the molecule is c1ccc(-c2nc3ccc(-c4ccc(N5c6ccccc6[Si](c6ccccc6)(c6ccccc6)c6ccccc65)cc4)cn3c2-c2ccccc2)cc1. The van der Waals surface area contributed by atoms with E-state index >= 15 is 0 Å². The number of benzene rings is 7. The highest BCUT2D eigenvalue weighted by molar-refractivity contribution is 7.21. The van der Waals surface area contributed by atoms with Crippen LogP contribution in [0.15, 0.2) is 212 Å². The average Bonchev–Trinajstić information content (AvgIpc) is 3.63. The molecule has 1 aliphatic rings. The Bertz CT molecular complexity index is 2620. The molecule has 0 saturated carbocycles. The Balaban J connectivity index is 1.11. The lowest BCUT2D eigenvalue weighted by Crippen LogP contribution is -2.77. The Morgan fingerprint density at radius 1 is 0.377 bits per heavy atom. The second-order valence-corrected chi connectivity index (χ2v) is 17.3. The summed E-state index contributed by atoms with van der Waals surface area (Å²) >= 11 is 0. The third-order valence-corrected chi connectivity index (χ3v) is 15.5. The van der Waals surface area contributed by atoms with Crippen molar-refractivity contribution < 1.29 is 0 Å². The van der Waals surface area contributed by atoms with Crippen LogP contribution in [0.3, 0.4) is 0 Å². The maximum Gasteiger partial charge on any atom is 0.184 e. The van der Waals surface area contributed by atoms with E-state index in [9.17, 15) is 0 Å². The second-order valence-electron chi connectivity index (χ2n) is 13.6. The van der Waals surface area contributed by atoms with Gasteiger partial charge in [0.05, 0.1) is 11.4 Å². The standard InChI is InChI=1S/C49H35N3Si/c1-5-17-37(18-6-1)48-49(38-19-7-2-8-20-38)51-35-39(31-34-47(51)50-48)36-29-32-40(33-30-36)52-43-25-13-15-27-45(43)53(41-21-9-3-10-22-41,42-23-11-4-12-24-42)46-28-16-14-26-44(46)52/h1-35H. The molecule has 0 saturated heterocycles. The number of pyridine rings is 1. The van der Waals surface area contributed by atoms with Crippen LogP contribution in [0.1, 0.15) is 0 Å². The first kappa shape index (κ1) is 31.0. The predicted octanol–water partition coefficient (Wildman–Crippen LogP) is 9.50. The van der Waals surface area contributed by atoms with Gasteiger partial charge < -0.3 is 4.90 Å². The van der Waals surface area contributed by atoms with Gasteiger partial charge in [0, 0.05) is 34.4 Å². The summed E-state index contributed by atoms with van der Waals surface area (Å²) in [5, 5.41) is 5.57. The Kier molecular flexibility index (Phi) is 7.48. The number of para-hydroxylation sites is 2. The summed E-state index contributed by atoms with van der Waals surface area (Å²) in [5.41, 5.74) is 11.1. The molecule has 7 aromatic carbocycles. The molecule has 3 nitrogen and oxygen atoms in total. The number of nitrogens with zero attached hydrogens (tertiary/aromatic N) is 3. The van der Waals surface area contributed by atoms with Crippen molar-refractivity contribution in [2.24, 2.45) is 0 Å². The van der Waals surface area contributed by atoms with E-state index in [1.54, 1.807) is 0 Å². The minimum absolute atomic E-state index is 0.925.